The van der Waals surface area contributed by atoms with Crippen molar-refractivity contribution < 1.29 is 14.3 Å². The quantitative estimate of drug-likeness (QED) is 0.220. The number of amides is 3. The molecule has 0 saturated carbocycles. The van der Waals surface area contributed by atoms with Crippen molar-refractivity contribution in [1.82, 2.24) is 14.7 Å². The van der Waals surface area contributed by atoms with Gasteiger partial charge in [-0.1, -0.05) is 40.9 Å². The average Bonchev–Trinajstić information content (AvgIpc) is 3.16. The molecular formula is C25H22BrCl4N5O3. The number of hydrogen-bond donors (Lipinski definition) is 2. The summed E-state index contributed by atoms with van der Waals surface area (Å²) in [4.78, 5) is 30.8. The molecule has 0 unspecified atom stereocenters. The molecule has 3 amide bonds. The van der Waals surface area contributed by atoms with Crippen LogP contribution in [-0.2, 0) is 11.4 Å². The number of carbonyl (C=O) groups is 2. The number of fused-ring (bicyclic) bond motifs is 1. The predicted octanol–water partition coefficient (Wildman–Crippen LogP) is 7.15. The van der Waals surface area contributed by atoms with Crippen LogP contribution >= 0.6 is 63.1 Å². The molecule has 0 spiro atoms. The fourth-order valence-electron chi connectivity index (χ4n) is 3.52. The first kappa shape index (κ1) is 29.9. The third kappa shape index (κ3) is 6.65. The van der Waals surface area contributed by atoms with Gasteiger partial charge < -0.3 is 20.3 Å². The first-order valence-electron chi connectivity index (χ1n) is 11.0. The largest absolute Gasteiger partial charge is 0.485 e. The highest BCUT2D eigenvalue weighted by molar-refractivity contribution is 9.10. The number of nitrogens with zero attached hydrogens (tertiary/aromatic N) is 3. The van der Waals surface area contributed by atoms with Gasteiger partial charge in [0.15, 0.2) is 11.4 Å². The number of aryl methyl sites for hydroxylation is 1. The molecule has 0 aliphatic heterocycles. The van der Waals surface area contributed by atoms with Crippen molar-refractivity contribution >= 4 is 92.1 Å². The number of rotatable bonds is 7. The number of urea groups is 1. The second kappa shape index (κ2) is 12.9. The number of hydrogen-bond acceptors (Lipinski definition) is 4. The highest BCUT2D eigenvalue weighted by Gasteiger charge is 2.20. The molecule has 2 N–H and O–H groups in total. The van der Waals surface area contributed by atoms with Crippen molar-refractivity contribution in [2.75, 3.05) is 23.8 Å². The summed E-state index contributed by atoms with van der Waals surface area (Å²) in [5.41, 5.74) is 2.90. The van der Waals surface area contributed by atoms with Crippen LogP contribution in [0.2, 0.25) is 15.1 Å². The number of likely N-dealkylation sites (N-methyl/N-ethyl adjacent to an activating group) is 1. The molecule has 0 aliphatic rings. The number of imidazole rings is 1. The lowest BCUT2D eigenvalue weighted by Crippen LogP contribution is -2.40. The molecule has 2 aromatic heterocycles. The lowest BCUT2D eigenvalue weighted by molar-refractivity contribution is -0.117. The molecule has 13 heteroatoms. The molecule has 4 aromatic rings. The molecule has 2 heterocycles. The van der Waals surface area contributed by atoms with Crippen LogP contribution in [0, 0.1) is 6.92 Å². The smallest absolute Gasteiger partial charge is 0.319 e. The first-order chi connectivity index (χ1) is 17.7. The van der Waals surface area contributed by atoms with Gasteiger partial charge in [0.1, 0.15) is 11.2 Å². The van der Waals surface area contributed by atoms with E-state index in [2.05, 4.69) is 31.5 Å². The third-order valence-electron chi connectivity index (χ3n) is 5.47. The van der Waals surface area contributed by atoms with Crippen LogP contribution in [0.25, 0.3) is 5.65 Å². The minimum Gasteiger partial charge on any atom is -0.485 e. The highest BCUT2D eigenvalue weighted by Crippen LogP contribution is 2.35. The molecule has 2 aromatic carbocycles. The van der Waals surface area contributed by atoms with Crippen LogP contribution in [0.15, 0.2) is 59.3 Å². The van der Waals surface area contributed by atoms with Crippen LogP contribution in [0.3, 0.4) is 0 Å². The van der Waals surface area contributed by atoms with Gasteiger partial charge in [0.2, 0.25) is 5.91 Å². The molecule has 0 saturated heterocycles. The number of carbonyl (C=O) groups excluding carboxylic acids is 2. The number of halogens is 5. The monoisotopic (exact) mass is 659 g/mol. The maximum atomic E-state index is 12.8. The number of nitrogens with one attached hydrogen (secondary N) is 2. The number of benzene rings is 2. The Morgan fingerprint density at radius 1 is 1.13 bits per heavy atom. The Bertz CT molecular complexity index is 1500. The molecule has 0 bridgehead atoms. The van der Waals surface area contributed by atoms with Crippen molar-refractivity contribution in [3.63, 3.8) is 0 Å². The molecule has 0 aliphatic carbocycles. The van der Waals surface area contributed by atoms with E-state index in [0.717, 1.165) is 10.3 Å². The van der Waals surface area contributed by atoms with Crippen LogP contribution in [0.5, 0.6) is 5.75 Å². The van der Waals surface area contributed by atoms with E-state index < -0.39 is 6.03 Å². The standard InChI is InChI=1S/C25H21BrCl3N5O3.ClH/c1-14-23(26)34-10-4-7-20(24(34)31-14)37-13-17-18(28)8-9-19(22(17)29)33(2)21(35)12-30-25(36)32-16-6-3-5-15(27)11-16;/h3-11H,12-13H2,1-2H3,(H2,30,32,36);1H. The van der Waals surface area contributed by atoms with E-state index in [-0.39, 0.29) is 36.5 Å². The summed E-state index contributed by atoms with van der Waals surface area (Å²) in [5.74, 6) is 0.160. The van der Waals surface area contributed by atoms with Crippen molar-refractivity contribution in [3.8, 4) is 5.75 Å². The first-order valence-corrected chi connectivity index (χ1v) is 12.9. The SMILES string of the molecule is Cc1nc2c(OCc3c(Cl)ccc(N(C)C(=O)CNC(=O)Nc4cccc(Cl)c4)c3Cl)cccn2c1Br.Cl. The van der Waals surface area contributed by atoms with Crippen LogP contribution < -0.4 is 20.3 Å². The zero-order valence-electron chi connectivity index (χ0n) is 20.1. The fourth-order valence-corrected chi connectivity index (χ4v) is 4.69. The zero-order chi connectivity index (χ0) is 26.7. The Morgan fingerprint density at radius 2 is 1.89 bits per heavy atom. The number of ether oxygens (including phenoxy) is 1. The van der Waals surface area contributed by atoms with Gasteiger partial charge in [-0.3, -0.25) is 9.20 Å². The summed E-state index contributed by atoms with van der Waals surface area (Å²) in [6.07, 6.45) is 1.87. The van der Waals surface area contributed by atoms with Gasteiger partial charge in [-0.25, -0.2) is 9.78 Å². The summed E-state index contributed by atoms with van der Waals surface area (Å²) in [6, 6.07) is 13.0. The summed E-state index contributed by atoms with van der Waals surface area (Å²) in [5, 5.41) is 6.28. The van der Waals surface area contributed by atoms with Crippen LogP contribution in [-0.4, -0.2) is 34.9 Å². The molecule has 0 fully saturated rings. The van der Waals surface area contributed by atoms with E-state index in [4.69, 9.17) is 39.5 Å². The van der Waals surface area contributed by atoms with E-state index in [1.165, 1.54) is 4.90 Å². The lowest BCUT2D eigenvalue weighted by atomic mass is 10.2. The van der Waals surface area contributed by atoms with Gasteiger partial charge in [-0.15, -0.1) is 12.4 Å². The van der Waals surface area contributed by atoms with Crippen LogP contribution in [0.1, 0.15) is 11.3 Å². The zero-order valence-corrected chi connectivity index (χ0v) is 24.8. The van der Waals surface area contributed by atoms with Gasteiger partial charge in [-0.2, -0.15) is 0 Å². The lowest BCUT2D eigenvalue weighted by Gasteiger charge is -2.21. The molecule has 38 heavy (non-hydrogen) atoms. The highest BCUT2D eigenvalue weighted by atomic mass is 79.9. The molecule has 200 valence electrons. The molecule has 0 atom stereocenters. The normalized spacial score (nSPS) is 10.6. The Labute approximate surface area is 248 Å². The topological polar surface area (TPSA) is 88.0 Å². The Hall–Kier alpha value is -2.69. The average molecular weight is 662 g/mol. The van der Waals surface area contributed by atoms with Gasteiger partial charge in [0, 0.05) is 34.5 Å². The van der Waals surface area contributed by atoms with E-state index in [9.17, 15) is 9.59 Å². The maximum Gasteiger partial charge on any atom is 0.319 e. The molecule has 4 rings (SSSR count). The molecular weight excluding hydrogens is 640 g/mol. The second-order valence-corrected chi connectivity index (χ2v) is 9.95. The van der Waals surface area contributed by atoms with Gasteiger partial charge >= 0.3 is 6.03 Å². The fraction of sp³-hybridized carbons (Fsp3) is 0.160. The Kier molecular flexibility index (Phi) is 10.1. The predicted molar refractivity (Wildman–Crippen MR) is 158 cm³/mol. The summed E-state index contributed by atoms with van der Waals surface area (Å²) in [6.45, 7) is 1.68. The van der Waals surface area contributed by atoms with E-state index in [0.29, 0.717) is 38.4 Å². The number of aromatic nitrogens is 2. The second-order valence-electron chi connectivity index (χ2n) is 7.97. The summed E-state index contributed by atoms with van der Waals surface area (Å²) >= 11 is 22.5. The van der Waals surface area contributed by atoms with Crippen LogP contribution in [0.4, 0.5) is 16.2 Å². The van der Waals surface area contributed by atoms with Crippen molar-refractivity contribution in [2.24, 2.45) is 0 Å². The Balaban J connectivity index is 0.00000400. The molecule has 8 nitrogen and oxygen atoms in total. The van der Waals surface area contributed by atoms with E-state index >= 15 is 0 Å². The van der Waals surface area contributed by atoms with Crippen molar-refractivity contribution in [2.45, 2.75) is 13.5 Å². The summed E-state index contributed by atoms with van der Waals surface area (Å²) in [7, 11) is 1.56. The van der Waals surface area contributed by atoms with Gasteiger partial charge in [-0.05, 0) is 65.3 Å². The molecule has 0 radical (unpaired) electrons. The summed E-state index contributed by atoms with van der Waals surface area (Å²) < 4.78 is 8.72. The van der Waals surface area contributed by atoms with E-state index in [1.807, 2.05) is 23.6 Å². The minimum absolute atomic E-state index is 0. The third-order valence-corrected chi connectivity index (χ3v) is 7.44. The van der Waals surface area contributed by atoms with Gasteiger partial charge in [0.05, 0.1) is 22.9 Å². The maximum absolute atomic E-state index is 12.8. The van der Waals surface area contributed by atoms with E-state index in [1.54, 1.807) is 49.5 Å². The minimum atomic E-state index is -0.546. The Morgan fingerprint density at radius 3 is 2.63 bits per heavy atom. The van der Waals surface area contributed by atoms with Crippen molar-refractivity contribution in [1.29, 1.82) is 0 Å². The van der Waals surface area contributed by atoms with Gasteiger partial charge in [0.25, 0.3) is 0 Å². The number of pyridine rings is 1. The van der Waals surface area contributed by atoms with Crippen molar-refractivity contribution in [3.05, 3.63) is 85.7 Å². The number of anilines is 2.